The van der Waals surface area contributed by atoms with E-state index in [1.165, 1.54) is 12.8 Å². The first-order valence-electron chi connectivity index (χ1n) is 6.52. The van der Waals surface area contributed by atoms with Crippen LogP contribution < -0.4 is 5.32 Å². The average Bonchev–Trinajstić information content (AvgIpc) is 3.11. The fraction of sp³-hybridized carbons (Fsp3) is 0.500. The zero-order valence-corrected chi connectivity index (χ0v) is 11.0. The van der Waals surface area contributed by atoms with Gasteiger partial charge in [-0.15, -0.1) is 0 Å². The maximum Gasteiger partial charge on any atom is 0.238 e. The van der Waals surface area contributed by atoms with Crippen LogP contribution in [-0.2, 0) is 4.79 Å². The second-order valence-corrected chi connectivity index (χ2v) is 5.59. The number of carbonyl (C=O) groups excluding carboxylic acids is 1. The van der Waals surface area contributed by atoms with Gasteiger partial charge in [0.15, 0.2) is 0 Å². The van der Waals surface area contributed by atoms with E-state index in [2.05, 4.69) is 5.32 Å². The Morgan fingerprint density at radius 1 is 1.39 bits per heavy atom. The minimum atomic E-state index is -0.00468. The highest BCUT2D eigenvalue weighted by atomic mass is 35.5. The van der Waals surface area contributed by atoms with Gasteiger partial charge in [-0.2, -0.15) is 0 Å². The number of carbonyl (C=O) groups is 1. The number of hydrogen-bond donors (Lipinski definition) is 1. The summed E-state index contributed by atoms with van der Waals surface area (Å²) < 4.78 is 0. The lowest BCUT2D eigenvalue weighted by Gasteiger charge is -2.24. The smallest absolute Gasteiger partial charge is 0.238 e. The Labute approximate surface area is 112 Å². The lowest BCUT2D eigenvalue weighted by molar-refractivity contribution is -0.128. The number of nitrogens with one attached hydrogen (secondary N) is 1. The molecular formula is C14H17ClN2O. The highest BCUT2D eigenvalue weighted by molar-refractivity contribution is 6.30. The molecule has 1 aromatic rings. The van der Waals surface area contributed by atoms with Gasteiger partial charge in [0, 0.05) is 11.6 Å². The summed E-state index contributed by atoms with van der Waals surface area (Å²) in [4.78, 5) is 13.9. The van der Waals surface area contributed by atoms with Crippen LogP contribution in [0.25, 0.3) is 0 Å². The van der Waals surface area contributed by atoms with Crippen molar-refractivity contribution in [3.05, 3.63) is 34.9 Å². The Bertz CT molecular complexity index is 459. The van der Waals surface area contributed by atoms with Crippen LogP contribution in [0.3, 0.4) is 0 Å². The molecule has 1 heterocycles. The second kappa shape index (κ2) is 4.90. The zero-order valence-electron chi connectivity index (χ0n) is 10.2. The molecule has 4 heteroatoms. The SMILES string of the molecule is O=C1CNC(c2cccc(Cl)c2)N1CCC1CC1. The molecule has 1 saturated heterocycles. The molecule has 1 amide bonds. The molecule has 3 rings (SSSR count). The molecule has 2 aliphatic rings. The topological polar surface area (TPSA) is 32.3 Å². The lowest BCUT2D eigenvalue weighted by atomic mass is 10.1. The summed E-state index contributed by atoms with van der Waals surface area (Å²) in [5.41, 5.74) is 1.07. The van der Waals surface area contributed by atoms with Crippen LogP contribution in [0.5, 0.6) is 0 Å². The Kier molecular flexibility index (Phi) is 3.27. The van der Waals surface area contributed by atoms with Gasteiger partial charge >= 0.3 is 0 Å². The molecule has 18 heavy (non-hydrogen) atoms. The minimum absolute atomic E-state index is 0.00468. The molecular weight excluding hydrogens is 248 g/mol. The lowest BCUT2D eigenvalue weighted by Crippen LogP contribution is -2.31. The minimum Gasteiger partial charge on any atom is -0.322 e. The first-order chi connectivity index (χ1) is 8.74. The summed E-state index contributed by atoms with van der Waals surface area (Å²) >= 11 is 6.01. The number of benzene rings is 1. The summed E-state index contributed by atoms with van der Waals surface area (Å²) in [6.07, 6.45) is 3.79. The van der Waals surface area contributed by atoms with Gasteiger partial charge in [-0.25, -0.2) is 0 Å². The third-order valence-electron chi connectivity index (χ3n) is 3.72. The maximum absolute atomic E-state index is 11.9. The van der Waals surface area contributed by atoms with Crippen molar-refractivity contribution in [1.29, 1.82) is 0 Å². The van der Waals surface area contributed by atoms with Crippen LogP contribution in [0.15, 0.2) is 24.3 Å². The van der Waals surface area contributed by atoms with E-state index >= 15 is 0 Å². The molecule has 3 nitrogen and oxygen atoms in total. The van der Waals surface area contributed by atoms with Crippen molar-refractivity contribution in [3.63, 3.8) is 0 Å². The fourth-order valence-corrected chi connectivity index (χ4v) is 2.69. The Morgan fingerprint density at radius 3 is 2.94 bits per heavy atom. The summed E-state index contributed by atoms with van der Waals surface area (Å²) in [5, 5.41) is 3.98. The van der Waals surface area contributed by atoms with Gasteiger partial charge in [-0.3, -0.25) is 10.1 Å². The van der Waals surface area contributed by atoms with Crippen LogP contribution in [0.2, 0.25) is 5.02 Å². The predicted octanol–water partition coefficient (Wildman–Crippen LogP) is 2.57. The van der Waals surface area contributed by atoms with Gasteiger partial charge in [0.05, 0.1) is 6.54 Å². The normalized spacial score (nSPS) is 23.7. The van der Waals surface area contributed by atoms with Crippen molar-refractivity contribution in [2.45, 2.75) is 25.4 Å². The third kappa shape index (κ3) is 2.52. The number of amides is 1. The van der Waals surface area contributed by atoms with Crippen molar-refractivity contribution in [3.8, 4) is 0 Å². The van der Waals surface area contributed by atoms with Crippen LogP contribution in [-0.4, -0.2) is 23.9 Å². The first-order valence-corrected chi connectivity index (χ1v) is 6.90. The molecule has 0 bridgehead atoms. The van der Waals surface area contributed by atoms with Crippen LogP contribution in [0.1, 0.15) is 31.0 Å². The summed E-state index contributed by atoms with van der Waals surface area (Å²) in [6.45, 7) is 1.29. The fourth-order valence-electron chi connectivity index (χ4n) is 2.50. The largest absolute Gasteiger partial charge is 0.322 e. The van der Waals surface area contributed by atoms with E-state index in [0.29, 0.717) is 6.54 Å². The van der Waals surface area contributed by atoms with Crippen molar-refractivity contribution in [1.82, 2.24) is 10.2 Å². The van der Waals surface area contributed by atoms with Gasteiger partial charge in [0.2, 0.25) is 5.91 Å². The van der Waals surface area contributed by atoms with Gasteiger partial charge < -0.3 is 4.90 Å². The summed E-state index contributed by atoms with van der Waals surface area (Å²) in [6, 6.07) is 7.74. The van der Waals surface area contributed by atoms with E-state index in [9.17, 15) is 4.79 Å². The van der Waals surface area contributed by atoms with E-state index in [-0.39, 0.29) is 12.1 Å². The Balaban J connectivity index is 1.74. The highest BCUT2D eigenvalue weighted by Gasteiger charge is 2.33. The Morgan fingerprint density at radius 2 is 2.22 bits per heavy atom. The third-order valence-corrected chi connectivity index (χ3v) is 3.95. The predicted molar refractivity (Wildman–Crippen MR) is 71.2 cm³/mol. The molecule has 1 saturated carbocycles. The maximum atomic E-state index is 11.9. The number of nitrogens with zero attached hydrogens (tertiary/aromatic N) is 1. The molecule has 1 aromatic carbocycles. The van der Waals surface area contributed by atoms with E-state index < -0.39 is 0 Å². The molecule has 1 aliphatic heterocycles. The first kappa shape index (κ1) is 12.0. The number of halogens is 1. The quantitative estimate of drug-likeness (QED) is 0.907. The van der Waals surface area contributed by atoms with Crippen LogP contribution >= 0.6 is 11.6 Å². The van der Waals surface area contributed by atoms with Crippen molar-refractivity contribution < 1.29 is 4.79 Å². The van der Waals surface area contributed by atoms with E-state index in [1.54, 1.807) is 0 Å². The number of rotatable bonds is 4. The monoisotopic (exact) mass is 264 g/mol. The molecule has 1 N–H and O–H groups in total. The second-order valence-electron chi connectivity index (χ2n) is 5.16. The molecule has 1 atom stereocenters. The summed E-state index contributed by atoms with van der Waals surface area (Å²) in [7, 11) is 0. The van der Waals surface area contributed by atoms with Crippen LogP contribution in [0.4, 0.5) is 0 Å². The molecule has 0 radical (unpaired) electrons. The van der Waals surface area contributed by atoms with E-state index in [1.807, 2.05) is 29.2 Å². The number of hydrogen-bond acceptors (Lipinski definition) is 2. The average molecular weight is 265 g/mol. The van der Waals surface area contributed by atoms with Crippen molar-refractivity contribution >= 4 is 17.5 Å². The van der Waals surface area contributed by atoms with Crippen molar-refractivity contribution in [2.75, 3.05) is 13.1 Å². The van der Waals surface area contributed by atoms with E-state index in [0.717, 1.165) is 29.5 Å². The molecule has 0 spiro atoms. The van der Waals surface area contributed by atoms with Gasteiger partial charge in [-0.05, 0) is 30.0 Å². The standard InChI is InChI=1S/C14H17ClN2O/c15-12-3-1-2-11(8-12)14-16-9-13(18)17(14)7-6-10-4-5-10/h1-3,8,10,14,16H,4-7,9H2. The van der Waals surface area contributed by atoms with Gasteiger partial charge in [0.1, 0.15) is 6.17 Å². The molecule has 1 unspecified atom stereocenters. The summed E-state index contributed by atoms with van der Waals surface area (Å²) in [5.74, 6) is 1.04. The zero-order chi connectivity index (χ0) is 12.5. The Hall–Kier alpha value is -1.06. The highest BCUT2D eigenvalue weighted by Crippen LogP contribution is 2.34. The van der Waals surface area contributed by atoms with E-state index in [4.69, 9.17) is 11.6 Å². The van der Waals surface area contributed by atoms with Crippen molar-refractivity contribution in [2.24, 2.45) is 5.92 Å². The van der Waals surface area contributed by atoms with Crippen LogP contribution in [0, 0.1) is 5.92 Å². The molecule has 0 aromatic heterocycles. The van der Waals surface area contributed by atoms with Gasteiger partial charge in [0.25, 0.3) is 0 Å². The molecule has 2 fully saturated rings. The molecule has 96 valence electrons. The molecule has 1 aliphatic carbocycles. The van der Waals surface area contributed by atoms with Gasteiger partial charge in [-0.1, -0.05) is 36.6 Å².